The van der Waals surface area contributed by atoms with Crippen LogP contribution < -0.4 is 10.4 Å². The first-order valence-electron chi connectivity index (χ1n) is 12.1. The number of benzene rings is 1. The predicted molar refractivity (Wildman–Crippen MR) is 135 cm³/mol. The van der Waals surface area contributed by atoms with Gasteiger partial charge in [0, 0.05) is 50.9 Å². The van der Waals surface area contributed by atoms with Crippen molar-refractivity contribution < 1.29 is 13.9 Å². The van der Waals surface area contributed by atoms with E-state index in [-0.39, 0.29) is 18.3 Å². The fourth-order valence-electron chi connectivity index (χ4n) is 5.02. The van der Waals surface area contributed by atoms with Crippen molar-refractivity contribution in [3.8, 4) is 28.7 Å². The van der Waals surface area contributed by atoms with Crippen LogP contribution in [0.4, 0.5) is 4.39 Å². The van der Waals surface area contributed by atoms with Crippen LogP contribution in [0.5, 0.6) is 5.75 Å². The molecular weight excluding hydrogens is 461 g/mol. The summed E-state index contributed by atoms with van der Waals surface area (Å²) in [4.78, 5) is 24.2. The Kier molecular flexibility index (Phi) is 5.70. The Morgan fingerprint density at radius 1 is 1.19 bits per heavy atom. The molecule has 0 N–H and O–H groups in total. The summed E-state index contributed by atoms with van der Waals surface area (Å²) in [5, 5.41) is 0.637. The van der Waals surface area contributed by atoms with Gasteiger partial charge in [-0.25, -0.2) is 14.2 Å². The third-order valence-electron chi connectivity index (χ3n) is 6.95. The Labute approximate surface area is 207 Å². The molecule has 1 atom stereocenters. The Bertz CT molecular complexity index is 1590. The third-order valence-corrected chi connectivity index (χ3v) is 6.95. The molecule has 9 heteroatoms. The van der Waals surface area contributed by atoms with Gasteiger partial charge in [-0.1, -0.05) is 5.92 Å². The quantitative estimate of drug-likeness (QED) is 0.414. The van der Waals surface area contributed by atoms with E-state index < -0.39 is 5.82 Å². The van der Waals surface area contributed by atoms with Crippen molar-refractivity contribution in [1.82, 2.24) is 24.0 Å². The van der Waals surface area contributed by atoms with Gasteiger partial charge in [0.25, 0.3) is 0 Å². The van der Waals surface area contributed by atoms with Crippen molar-refractivity contribution in [2.24, 2.45) is 7.05 Å². The first-order valence-corrected chi connectivity index (χ1v) is 12.1. The maximum Gasteiger partial charge on any atom is 0.329 e. The van der Waals surface area contributed by atoms with E-state index in [1.807, 2.05) is 13.0 Å². The summed E-state index contributed by atoms with van der Waals surface area (Å²) in [7, 11) is 1.72. The summed E-state index contributed by atoms with van der Waals surface area (Å²) >= 11 is 0. The number of rotatable bonds is 3. The van der Waals surface area contributed by atoms with Gasteiger partial charge in [0.15, 0.2) is 0 Å². The van der Waals surface area contributed by atoms with E-state index in [9.17, 15) is 4.79 Å². The second-order valence-electron chi connectivity index (χ2n) is 9.26. The zero-order valence-corrected chi connectivity index (χ0v) is 20.3. The summed E-state index contributed by atoms with van der Waals surface area (Å²) in [5.74, 6) is 6.22. The van der Waals surface area contributed by atoms with Crippen LogP contribution in [0.15, 0.2) is 35.4 Å². The highest BCUT2D eigenvalue weighted by molar-refractivity contribution is 6.09. The predicted octanol–water partition coefficient (Wildman–Crippen LogP) is 3.12. The van der Waals surface area contributed by atoms with E-state index >= 15 is 4.39 Å². The van der Waals surface area contributed by atoms with Crippen LogP contribution in [0.2, 0.25) is 0 Å². The Balaban J connectivity index is 1.37. The van der Waals surface area contributed by atoms with Gasteiger partial charge >= 0.3 is 5.69 Å². The minimum Gasteiger partial charge on any atom is -0.490 e. The number of imidazole rings is 1. The van der Waals surface area contributed by atoms with Crippen molar-refractivity contribution in [3.05, 3.63) is 52.6 Å². The molecule has 2 aliphatic rings. The van der Waals surface area contributed by atoms with Crippen LogP contribution in [-0.4, -0.2) is 63.5 Å². The van der Waals surface area contributed by atoms with Crippen molar-refractivity contribution in [1.29, 1.82) is 0 Å². The van der Waals surface area contributed by atoms with E-state index in [0.29, 0.717) is 44.5 Å². The molecule has 0 amide bonds. The molecule has 5 heterocycles. The number of nitrogens with zero attached hydrogens (tertiary/aromatic N) is 5. The molecule has 4 aromatic rings. The number of ether oxygens (including phenoxy) is 2. The number of aromatic nitrogens is 4. The van der Waals surface area contributed by atoms with Gasteiger partial charge < -0.3 is 9.47 Å². The molecule has 0 saturated carbocycles. The monoisotopic (exact) mass is 487 g/mol. The fraction of sp³-hybridized carbons (Fsp3) is 0.370. The zero-order chi connectivity index (χ0) is 24.8. The smallest absolute Gasteiger partial charge is 0.329 e. The second kappa shape index (κ2) is 9.04. The highest BCUT2D eigenvalue weighted by Crippen LogP contribution is 2.43. The summed E-state index contributed by atoms with van der Waals surface area (Å²) < 4.78 is 30.3. The average molecular weight is 488 g/mol. The summed E-state index contributed by atoms with van der Waals surface area (Å²) in [6.45, 7) is 6.49. The highest BCUT2D eigenvalue weighted by atomic mass is 19.1. The van der Waals surface area contributed by atoms with E-state index in [0.717, 1.165) is 39.3 Å². The van der Waals surface area contributed by atoms with Crippen molar-refractivity contribution in [2.75, 3.05) is 39.5 Å². The van der Waals surface area contributed by atoms with Crippen LogP contribution >= 0.6 is 0 Å². The molecule has 1 unspecified atom stereocenters. The molecule has 1 saturated heterocycles. The van der Waals surface area contributed by atoms with Crippen molar-refractivity contribution in [3.63, 3.8) is 0 Å². The molecule has 3 aromatic heterocycles. The molecule has 1 aromatic carbocycles. The molecule has 1 fully saturated rings. The van der Waals surface area contributed by atoms with Gasteiger partial charge in [-0.3, -0.25) is 19.0 Å². The summed E-state index contributed by atoms with van der Waals surface area (Å²) in [6, 6.07) is 4.78. The largest absolute Gasteiger partial charge is 0.490 e. The maximum absolute atomic E-state index is 15.5. The number of halogens is 1. The first kappa shape index (κ1) is 22.7. The topological polar surface area (TPSA) is 74.4 Å². The van der Waals surface area contributed by atoms with E-state index in [2.05, 4.69) is 26.7 Å². The molecule has 0 radical (unpaired) electrons. The maximum atomic E-state index is 15.5. The molecule has 0 aliphatic carbocycles. The lowest BCUT2D eigenvalue weighted by atomic mass is 10.0. The fourth-order valence-corrected chi connectivity index (χ4v) is 5.02. The first-order chi connectivity index (χ1) is 17.5. The molecule has 8 nitrogen and oxygen atoms in total. The van der Waals surface area contributed by atoms with Crippen molar-refractivity contribution in [2.45, 2.75) is 19.4 Å². The van der Waals surface area contributed by atoms with Crippen LogP contribution in [0.3, 0.4) is 0 Å². The normalized spacial score (nSPS) is 17.7. The van der Waals surface area contributed by atoms with Crippen LogP contribution in [0.1, 0.15) is 25.1 Å². The Hall–Kier alpha value is -3.74. The minimum absolute atomic E-state index is 0.146. The van der Waals surface area contributed by atoms with Gasteiger partial charge in [0.05, 0.1) is 53.0 Å². The average Bonchev–Trinajstić information content (AvgIpc) is 3.05. The molecule has 184 valence electrons. The summed E-state index contributed by atoms with van der Waals surface area (Å²) in [6.07, 6.45) is 3.99. The zero-order valence-electron chi connectivity index (χ0n) is 20.3. The van der Waals surface area contributed by atoms with Gasteiger partial charge in [-0.15, -0.1) is 0 Å². The van der Waals surface area contributed by atoms with Crippen molar-refractivity contribution >= 4 is 21.9 Å². The molecule has 36 heavy (non-hydrogen) atoms. The van der Waals surface area contributed by atoms with E-state index in [1.165, 1.54) is 6.07 Å². The lowest BCUT2D eigenvalue weighted by Crippen LogP contribution is -2.36. The van der Waals surface area contributed by atoms with Gasteiger partial charge in [0.2, 0.25) is 0 Å². The third kappa shape index (κ3) is 3.74. The number of aryl methyl sites for hydroxylation is 1. The number of hydrogen-bond acceptors (Lipinski definition) is 6. The molecule has 6 rings (SSSR count). The number of pyridine rings is 2. The number of hydrogen-bond donors (Lipinski definition) is 0. The second-order valence-corrected chi connectivity index (χ2v) is 9.26. The minimum atomic E-state index is -0.449. The number of morpholine rings is 1. The Morgan fingerprint density at radius 2 is 2.03 bits per heavy atom. The van der Waals surface area contributed by atoms with E-state index in [4.69, 9.17) is 9.47 Å². The molecule has 2 aliphatic heterocycles. The lowest BCUT2D eigenvalue weighted by molar-refractivity contribution is 0.0390. The van der Waals surface area contributed by atoms with Crippen LogP contribution in [0.25, 0.3) is 33.1 Å². The SMILES string of the molecule is CC1COc2c(-c3ccc(C#CCCN4CCOCC4)nc3)c(F)cc3ncc4c(c23)n1c(=O)n4C. The Morgan fingerprint density at radius 3 is 2.81 bits per heavy atom. The molecule has 0 bridgehead atoms. The van der Waals surface area contributed by atoms with Gasteiger partial charge in [-0.2, -0.15) is 0 Å². The van der Waals surface area contributed by atoms with Gasteiger partial charge in [-0.05, 0) is 25.0 Å². The lowest BCUT2D eigenvalue weighted by Gasteiger charge is -2.25. The highest BCUT2D eigenvalue weighted by Gasteiger charge is 2.28. The van der Waals surface area contributed by atoms with E-state index in [1.54, 1.807) is 34.6 Å². The summed E-state index contributed by atoms with van der Waals surface area (Å²) in [5.41, 5.74) is 3.22. The molecule has 0 spiro atoms. The molecular formula is C27H26FN5O3. The van der Waals surface area contributed by atoms with Crippen LogP contribution in [0, 0.1) is 17.7 Å². The van der Waals surface area contributed by atoms with Gasteiger partial charge in [0.1, 0.15) is 23.9 Å². The van der Waals surface area contributed by atoms with Crippen LogP contribution in [-0.2, 0) is 11.8 Å². The standard InChI is InChI=1S/C27H26FN5O3/c1-17-16-36-26-23(18-6-7-19(29-14-18)5-3-4-8-32-9-11-35-12-10-32)20(28)13-21-24(26)25-22(15-30-21)31(2)27(34)33(17)25/h6-7,13-15,17H,4,8-12,16H2,1-2H3.